The molecule has 0 aliphatic rings. The molecule has 74 valence electrons. The summed E-state index contributed by atoms with van der Waals surface area (Å²) in [5, 5.41) is 8.87. The van der Waals surface area contributed by atoms with Crippen LogP contribution >= 0.6 is 0 Å². The highest BCUT2D eigenvalue weighted by Gasteiger charge is 2.32. The van der Waals surface area contributed by atoms with E-state index in [0.29, 0.717) is 6.42 Å². The molecular formula is C10H17NO2. The molecular weight excluding hydrogens is 166 g/mol. The molecule has 0 aliphatic heterocycles. The van der Waals surface area contributed by atoms with E-state index < -0.39 is 11.4 Å². The zero-order chi connectivity index (χ0) is 10.6. The van der Waals surface area contributed by atoms with Crippen LogP contribution in [0, 0.1) is 17.9 Å². The van der Waals surface area contributed by atoms with E-state index in [9.17, 15) is 4.79 Å². The summed E-state index contributed by atoms with van der Waals surface area (Å²) in [5.74, 6) is -0.667. The standard InChI is InChI=1S/C10H17NO2/c1-7(8(2)11-5)6-10(3,4)9(12)13/h7-8H,6H2,1-4H3,(H,12,13). The van der Waals surface area contributed by atoms with Crippen molar-refractivity contribution < 1.29 is 9.90 Å². The monoisotopic (exact) mass is 183 g/mol. The highest BCUT2D eigenvalue weighted by molar-refractivity contribution is 5.73. The molecule has 0 spiro atoms. The van der Waals surface area contributed by atoms with Crippen LogP contribution in [0.4, 0.5) is 0 Å². The Morgan fingerprint density at radius 1 is 1.54 bits per heavy atom. The zero-order valence-electron chi connectivity index (χ0n) is 8.66. The van der Waals surface area contributed by atoms with Crippen molar-refractivity contribution in [2.45, 2.75) is 40.2 Å². The summed E-state index contributed by atoms with van der Waals surface area (Å²) in [6.07, 6.45) is 0.547. The summed E-state index contributed by atoms with van der Waals surface area (Å²) in [5.41, 5.74) is -0.724. The minimum Gasteiger partial charge on any atom is -0.481 e. The first-order valence-electron chi connectivity index (χ1n) is 4.41. The molecule has 0 rings (SSSR count). The van der Waals surface area contributed by atoms with Crippen molar-refractivity contribution in [3.63, 3.8) is 0 Å². The van der Waals surface area contributed by atoms with Crippen molar-refractivity contribution in [2.75, 3.05) is 0 Å². The number of nitrogens with zero attached hydrogens (tertiary/aromatic N) is 1. The van der Waals surface area contributed by atoms with Gasteiger partial charge >= 0.3 is 5.97 Å². The average molecular weight is 183 g/mol. The van der Waals surface area contributed by atoms with E-state index in [2.05, 4.69) is 4.85 Å². The molecule has 2 atom stereocenters. The number of hydrogen-bond acceptors (Lipinski definition) is 1. The first-order chi connectivity index (χ1) is 5.81. The average Bonchev–Trinajstić information content (AvgIpc) is 2.01. The van der Waals surface area contributed by atoms with Gasteiger partial charge in [0.25, 0.3) is 0 Å². The Morgan fingerprint density at radius 3 is 2.31 bits per heavy atom. The fourth-order valence-corrected chi connectivity index (χ4v) is 1.19. The van der Waals surface area contributed by atoms with Crippen molar-refractivity contribution >= 4 is 5.97 Å². The summed E-state index contributed by atoms with van der Waals surface area (Å²) in [7, 11) is 0. The number of hydrogen-bond donors (Lipinski definition) is 1. The van der Waals surface area contributed by atoms with Gasteiger partial charge in [-0.05, 0) is 20.3 Å². The SMILES string of the molecule is [C-]#[N+]C(C)C(C)CC(C)(C)C(=O)O. The Hall–Kier alpha value is -1.04. The minimum atomic E-state index is -0.795. The van der Waals surface area contributed by atoms with Crippen LogP contribution in [0.25, 0.3) is 4.85 Å². The van der Waals surface area contributed by atoms with E-state index in [-0.39, 0.29) is 12.0 Å². The van der Waals surface area contributed by atoms with Gasteiger partial charge in [-0.15, -0.1) is 0 Å². The van der Waals surface area contributed by atoms with E-state index in [4.69, 9.17) is 11.7 Å². The molecule has 3 nitrogen and oxygen atoms in total. The van der Waals surface area contributed by atoms with Crippen LogP contribution in [0.1, 0.15) is 34.1 Å². The van der Waals surface area contributed by atoms with Gasteiger partial charge < -0.3 is 9.95 Å². The maximum Gasteiger partial charge on any atom is 0.309 e. The quantitative estimate of drug-likeness (QED) is 0.680. The van der Waals surface area contributed by atoms with Gasteiger partial charge in [-0.3, -0.25) is 4.79 Å². The highest BCUT2D eigenvalue weighted by atomic mass is 16.4. The number of rotatable bonds is 4. The minimum absolute atomic E-state index is 0.0985. The molecule has 0 aliphatic carbocycles. The summed E-state index contributed by atoms with van der Waals surface area (Å²) in [4.78, 5) is 14.2. The van der Waals surface area contributed by atoms with Gasteiger partial charge in [-0.1, -0.05) is 6.92 Å². The molecule has 0 heterocycles. The normalized spacial score (nSPS) is 15.9. The van der Waals surface area contributed by atoms with Crippen LogP contribution in [-0.2, 0) is 4.79 Å². The van der Waals surface area contributed by atoms with Gasteiger partial charge in [-0.2, -0.15) is 0 Å². The van der Waals surface area contributed by atoms with Crippen LogP contribution in [0.15, 0.2) is 0 Å². The molecule has 0 bridgehead atoms. The molecule has 0 radical (unpaired) electrons. The van der Waals surface area contributed by atoms with Crippen molar-refractivity contribution in [3.8, 4) is 0 Å². The maximum atomic E-state index is 10.8. The van der Waals surface area contributed by atoms with Gasteiger partial charge in [0.05, 0.1) is 5.41 Å². The Balaban J connectivity index is 4.29. The van der Waals surface area contributed by atoms with Crippen LogP contribution in [0.5, 0.6) is 0 Å². The van der Waals surface area contributed by atoms with Crippen molar-refractivity contribution in [3.05, 3.63) is 11.4 Å². The third kappa shape index (κ3) is 3.45. The van der Waals surface area contributed by atoms with Gasteiger partial charge in [0, 0.05) is 12.8 Å². The maximum absolute atomic E-state index is 10.8. The first kappa shape index (κ1) is 12.0. The molecule has 0 saturated heterocycles. The van der Waals surface area contributed by atoms with Gasteiger partial charge in [0.1, 0.15) is 0 Å². The molecule has 0 saturated carbocycles. The molecule has 1 N–H and O–H groups in total. The predicted molar refractivity (Wildman–Crippen MR) is 51.3 cm³/mol. The van der Waals surface area contributed by atoms with Gasteiger partial charge in [0.2, 0.25) is 6.04 Å². The summed E-state index contributed by atoms with van der Waals surface area (Å²) in [6, 6.07) is -0.0985. The second kappa shape index (κ2) is 4.27. The lowest BCUT2D eigenvalue weighted by atomic mass is 9.81. The zero-order valence-corrected chi connectivity index (χ0v) is 8.66. The molecule has 0 aromatic heterocycles. The van der Waals surface area contributed by atoms with Crippen LogP contribution in [0.3, 0.4) is 0 Å². The van der Waals surface area contributed by atoms with Gasteiger partial charge in [-0.25, -0.2) is 6.57 Å². The summed E-state index contributed by atoms with van der Waals surface area (Å²) in [6.45, 7) is 14.0. The summed E-state index contributed by atoms with van der Waals surface area (Å²) >= 11 is 0. The van der Waals surface area contributed by atoms with Crippen molar-refractivity contribution in [2.24, 2.45) is 11.3 Å². The smallest absolute Gasteiger partial charge is 0.309 e. The van der Waals surface area contributed by atoms with E-state index in [1.54, 1.807) is 13.8 Å². The fourth-order valence-electron chi connectivity index (χ4n) is 1.19. The topological polar surface area (TPSA) is 41.7 Å². The molecule has 0 aromatic rings. The Kier molecular flexibility index (Phi) is 3.93. The molecule has 0 fully saturated rings. The lowest BCUT2D eigenvalue weighted by molar-refractivity contribution is -0.147. The Labute approximate surface area is 79.6 Å². The van der Waals surface area contributed by atoms with E-state index >= 15 is 0 Å². The second-order valence-corrected chi connectivity index (χ2v) is 4.24. The molecule has 0 aromatic carbocycles. The Morgan fingerprint density at radius 2 is 2.00 bits per heavy atom. The predicted octanol–water partition coefficient (Wildman–Crippen LogP) is 2.43. The molecule has 0 amide bonds. The van der Waals surface area contributed by atoms with E-state index in [1.807, 2.05) is 13.8 Å². The summed E-state index contributed by atoms with van der Waals surface area (Å²) < 4.78 is 0. The molecule has 2 unspecified atom stereocenters. The highest BCUT2D eigenvalue weighted by Crippen LogP contribution is 2.28. The van der Waals surface area contributed by atoms with Crippen LogP contribution in [0.2, 0.25) is 0 Å². The third-order valence-electron chi connectivity index (χ3n) is 2.44. The van der Waals surface area contributed by atoms with Crippen LogP contribution < -0.4 is 0 Å². The van der Waals surface area contributed by atoms with E-state index in [1.165, 1.54) is 0 Å². The second-order valence-electron chi connectivity index (χ2n) is 4.24. The van der Waals surface area contributed by atoms with E-state index in [0.717, 1.165) is 0 Å². The number of carboxylic acids is 1. The number of aliphatic carboxylic acids is 1. The first-order valence-corrected chi connectivity index (χ1v) is 4.41. The Bertz CT molecular complexity index is 228. The van der Waals surface area contributed by atoms with Gasteiger partial charge in [0.15, 0.2) is 0 Å². The third-order valence-corrected chi connectivity index (χ3v) is 2.44. The van der Waals surface area contributed by atoms with Crippen molar-refractivity contribution in [1.29, 1.82) is 0 Å². The van der Waals surface area contributed by atoms with Crippen LogP contribution in [-0.4, -0.2) is 17.1 Å². The number of carbonyl (C=O) groups is 1. The number of carboxylic acid groups (broad SMARTS) is 1. The lowest BCUT2D eigenvalue weighted by Crippen LogP contribution is -2.28. The largest absolute Gasteiger partial charge is 0.481 e. The molecule has 13 heavy (non-hydrogen) atoms. The fraction of sp³-hybridized carbons (Fsp3) is 0.800. The van der Waals surface area contributed by atoms with Crippen molar-refractivity contribution in [1.82, 2.24) is 0 Å². The molecule has 3 heteroatoms. The lowest BCUT2D eigenvalue weighted by Gasteiger charge is -2.22.